The maximum absolute atomic E-state index is 12.1. The highest BCUT2D eigenvalue weighted by Crippen LogP contribution is 2.14. The van der Waals surface area contributed by atoms with Crippen LogP contribution in [0.3, 0.4) is 0 Å². The Morgan fingerprint density at radius 1 is 0.675 bits per heavy atom. The van der Waals surface area contributed by atoms with Gasteiger partial charge in [0.05, 0.1) is 26.4 Å². The van der Waals surface area contributed by atoms with Crippen LogP contribution in [0.2, 0.25) is 0 Å². The first-order valence-corrected chi connectivity index (χ1v) is 13.7. The third-order valence-corrected chi connectivity index (χ3v) is 5.96. The molecule has 1 aliphatic heterocycles. The number of rotatable bonds is 16. The summed E-state index contributed by atoms with van der Waals surface area (Å²) >= 11 is 0. The number of hydrogen-bond donors (Lipinski definition) is 1. The third-order valence-electron chi connectivity index (χ3n) is 5.96. The van der Waals surface area contributed by atoms with Crippen LogP contribution in [0, 0.1) is 11.8 Å². The molecule has 1 unspecified atom stereocenters. The summed E-state index contributed by atoms with van der Waals surface area (Å²) in [6, 6.07) is 0. The summed E-state index contributed by atoms with van der Waals surface area (Å²) in [5, 5.41) is 8.55. The molecule has 1 N–H and O–H groups in total. The number of ether oxygens (including phenoxy) is 4. The number of aliphatic hydroxyl groups is 1. The van der Waals surface area contributed by atoms with E-state index in [1.54, 1.807) is 56.4 Å². The zero-order valence-electron chi connectivity index (χ0n) is 25.7. The summed E-state index contributed by atoms with van der Waals surface area (Å²) in [5.41, 5.74) is 0. The van der Waals surface area contributed by atoms with Gasteiger partial charge in [-0.3, -0.25) is 19.2 Å². The van der Waals surface area contributed by atoms with Crippen LogP contribution in [0.5, 0.6) is 0 Å². The molecule has 1 atom stereocenters. The van der Waals surface area contributed by atoms with Gasteiger partial charge in [-0.05, 0) is 32.1 Å². The van der Waals surface area contributed by atoms with E-state index in [-0.39, 0.29) is 49.7 Å². The Morgan fingerprint density at radius 3 is 1.45 bits per heavy atom. The fourth-order valence-corrected chi connectivity index (χ4v) is 3.70. The second kappa shape index (κ2) is 21.4. The lowest BCUT2D eigenvalue weighted by Crippen LogP contribution is -2.41. The van der Waals surface area contributed by atoms with Crippen LogP contribution in [0.4, 0.5) is 0 Å². The second-order valence-electron chi connectivity index (χ2n) is 10.2. The van der Waals surface area contributed by atoms with Crippen molar-refractivity contribution >= 4 is 23.6 Å². The molecule has 4 amide bonds. The van der Waals surface area contributed by atoms with Crippen molar-refractivity contribution in [1.29, 1.82) is 0 Å². The van der Waals surface area contributed by atoms with Crippen molar-refractivity contribution in [2.45, 2.75) is 38.4 Å². The minimum absolute atomic E-state index is 0.0616. The van der Waals surface area contributed by atoms with Gasteiger partial charge in [0, 0.05) is 76.2 Å². The number of nitrogens with zero attached hydrogens (tertiary/aromatic N) is 4. The van der Waals surface area contributed by atoms with Crippen molar-refractivity contribution in [3.05, 3.63) is 0 Å². The van der Waals surface area contributed by atoms with Gasteiger partial charge in [-0.1, -0.05) is 0 Å². The normalized spacial score (nSPS) is 14.8. The van der Waals surface area contributed by atoms with E-state index in [1.807, 2.05) is 0 Å². The lowest BCUT2D eigenvalue weighted by molar-refractivity contribution is -0.169. The fourth-order valence-electron chi connectivity index (χ4n) is 3.70. The van der Waals surface area contributed by atoms with E-state index < -0.39 is 11.8 Å². The largest absolute Gasteiger partial charge is 0.394 e. The van der Waals surface area contributed by atoms with E-state index in [4.69, 9.17) is 24.1 Å². The molecule has 0 spiro atoms. The first kappa shape index (κ1) is 37.7. The number of carbonyl (C=O) groups is 4. The van der Waals surface area contributed by atoms with Gasteiger partial charge in [-0.25, -0.2) is 0 Å². The Hall–Kier alpha value is -2.32. The van der Waals surface area contributed by atoms with Crippen LogP contribution >= 0.6 is 0 Å². The summed E-state index contributed by atoms with van der Waals surface area (Å²) in [4.78, 5) is 53.5. The highest BCUT2D eigenvalue weighted by Gasteiger charge is 2.30. The van der Waals surface area contributed by atoms with Gasteiger partial charge < -0.3 is 43.7 Å². The van der Waals surface area contributed by atoms with Crippen molar-refractivity contribution in [2.75, 3.05) is 103 Å². The van der Waals surface area contributed by atoms with Crippen LogP contribution in [-0.2, 0) is 38.1 Å². The van der Waals surface area contributed by atoms with Crippen LogP contribution in [0.1, 0.15) is 32.1 Å². The van der Waals surface area contributed by atoms with Crippen LogP contribution in [0.25, 0.3) is 0 Å². The summed E-state index contributed by atoms with van der Waals surface area (Å²) in [7, 11) is 13.1. The van der Waals surface area contributed by atoms with Crippen LogP contribution in [0.15, 0.2) is 0 Å². The van der Waals surface area contributed by atoms with Gasteiger partial charge in [0.15, 0.2) is 6.29 Å². The maximum atomic E-state index is 12.1. The van der Waals surface area contributed by atoms with Gasteiger partial charge >= 0.3 is 0 Å². The minimum atomic E-state index is -0.710. The van der Waals surface area contributed by atoms with Crippen molar-refractivity contribution in [2.24, 2.45) is 11.8 Å². The predicted octanol–water partition coefficient (Wildman–Crippen LogP) is -0.0931. The molecule has 1 rings (SSSR count). The molecule has 0 saturated carbocycles. The fraction of sp³-hybridized carbons (Fsp3) is 0.852. The van der Waals surface area contributed by atoms with E-state index in [1.165, 1.54) is 19.6 Å². The summed E-state index contributed by atoms with van der Waals surface area (Å²) in [5.74, 6) is -2.24. The smallest absolute Gasteiger partial charge is 0.234 e. The van der Waals surface area contributed by atoms with E-state index >= 15 is 0 Å². The quantitative estimate of drug-likeness (QED) is 0.197. The summed E-state index contributed by atoms with van der Waals surface area (Å²) in [6.07, 6.45) is 3.73. The molecular weight excluding hydrogens is 524 g/mol. The third kappa shape index (κ3) is 15.5. The molecule has 0 aromatic heterocycles. The molecule has 0 radical (unpaired) electrons. The van der Waals surface area contributed by atoms with E-state index in [9.17, 15) is 19.2 Å². The highest BCUT2D eigenvalue weighted by molar-refractivity contribution is 6.00. The molecule has 0 aromatic rings. The zero-order valence-corrected chi connectivity index (χ0v) is 25.7. The molecule has 0 bridgehead atoms. The van der Waals surface area contributed by atoms with E-state index in [0.717, 1.165) is 25.9 Å². The van der Waals surface area contributed by atoms with Crippen molar-refractivity contribution in [1.82, 2.24) is 19.6 Å². The second-order valence-corrected chi connectivity index (χ2v) is 10.2. The first-order valence-electron chi connectivity index (χ1n) is 13.7. The number of amides is 4. The molecule has 1 fully saturated rings. The average Bonchev–Trinajstić information content (AvgIpc) is 2.92. The molecular formula is C27H52N4O9. The Kier molecular flexibility index (Phi) is 20.2. The standard InChI is InChI=1S/C16H30N2O5.C11H22N2O4/c1-17(2)15(19)13(16(20)18(3)4)8-10-21-11-12-23-14-7-5-6-9-22-14;1-12(2)10(15)9(11(16)13(3)4)5-7-17-8-6-14/h13-14H,5-12H2,1-4H3;9,14H,5-8H2,1-4H3. The Balaban J connectivity index is 0.000000799. The topological polar surface area (TPSA) is 138 Å². The summed E-state index contributed by atoms with van der Waals surface area (Å²) in [6.45, 7) is 2.43. The van der Waals surface area contributed by atoms with E-state index in [0.29, 0.717) is 32.7 Å². The maximum Gasteiger partial charge on any atom is 0.234 e. The molecule has 0 aliphatic carbocycles. The van der Waals surface area contributed by atoms with Gasteiger partial charge in [0.2, 0.25) is 23.6 Å². The number of carbonyl (C=O) groups excluding carboxylic acids is 4. The zero-order chi connectivity index (χ0) is 30.7. The van der Waals surface area contributed by atoms with Crippen molar-refractivity contribution in [3.63, 3.8) is 0 Å². The predicted molar refractivity (Wildman–Crippen MR) is 149 cm³/mol. The molecule has 13 heteroatoms. The average molecular weight is 577 g/mol. The Labute approximate surface area is 239 Å². The summed E-state index contributed by atoms with van der Waals surface area (Å²) < 4.78 is 21.6. The number of hydrogen-bond acceptors (Lipinski definition) is 9. The van der Waals surface area contributed by atoms with Crippen LogP contribution < -0.4 is 0 Å². The molecule has 1 saturated heterocycles. The monoisotopic (exact) mass is 576 g/mol. The molecule has 40 heavy (non-hydrogen) atoms. The van der Waals surface area contributed by atoms with Crippen molar-refractivity contribution < 1.29 is 43.2 Å². The lowest BCUT2D eigenvalue weighted by atomic mass is 10.0. The molecule has 234 valence electrons. The molecule has 1 heterocycles. The van der Waals surface area contributed by atoms with Crippen molar-refractivity contribution in [3.8, 4) is 0 Å². The number of aliphatic hydroxyl groups excluding tert-OH is 1. The van der Waals surface area contributed by atoms with Gasteiger partial charge in [-0.15, -0.1) is 0 Å². The Morgan fingerprint density at radius 2 is 1.10 bits per heavy atom. The Bertz CT molecular complexity index is 702. The SMILES string of the molecule is CN(C)C(=O)C(CCOCCO)C(=O)N(C)C.CN(C)C(=O)C(CCOCCOC1CCCCO1)C(=O)N(C)C. The highest BCUT2D eigenvalue weighted by atomic mass is 16.7. The molecule has 0 aromatic carbocycles. The van der Waals surface area contributed by atoms with Gasteiger partial charge in [0.25, 0.3) is 0 Å². The first-order chi connectivity index (χ1) is 18.8. The molecule has 13 nitrogen and oxygen atoms in total. The molecule has 1 aliphatic rings. The minimum Gasteiger partial charge on any atom is -0.394 e. The van der Waals surface area contributed by atoms with Gasteiger partial charge in [0.1, 0.15) is 11.8 Å². The van der Waals surface area contributed by atoms with Gasteiger partial charge in [-0.2, -0.15) is 0 Å². The van der Waals surface area contributed by atoms with Crippen LogP contribution in [-0.4, -0.2) is 157 Å². The van der Waals surface area contributed by atoms with E-state index in [2.05, 4.69) is 0 Å². The lowest BCUT2D eigenvalue weighted by Gasteiger charge is -2.23.